The minimum Gasteiger partial charge on any atom is -0.368 e. The van der Waals surface area contributed by atoms with E-state index in [2.05, 4.69) is 31.5 Å². The van der Waals surface area contributed by atoms with Crippen LogP contribution in [0.3, 0.4) is 0 Å². The maximum absolute atomic E-state index is 11.2. The summed E-state index contributed by atoms with van der Waals surface area (Å²) in [5.74, 6) is 0.810. The van der Waals surface area contributed by atoms with Gasteiger partial charge in [-0.3, -0.25) is 0 Å². The number of pyridine rings is 1. The summed E-state index contributed by atoms with van der Waals surface area (Å²) in [5.41, 5.74) is 1.12. The fraction of sp³-hybridized carbons (Fsp3) is 0.455. The maximum Gasteiger partial charge on any atom is 0.316 e. The molecule has 0 saturated heterocycles. The quantitative estimate of drug-likeness (QED) is 0.834. The normalized spacial score (nSPS) is 9.88. The zero-order valence-corrected chi connectivity index (χ0v) is 11.8. The summed E-state index contributed by atoms with van der Waals surface area (Å²) in [7, 11) is 3.42. The monoisotopic (exact) mass is 300 g/mol. The van der Waals surface area contributed by atoms with E-state index in [0.717, 1.165) is 15.9 Å². The lowest BCUT2D eigenvalue weighted by atomic mass is 10.3. The number of urea groups is 1. The number of hydrogen-bond acceptors (Lipinski definition) is 3. The van der Waals surface area contributed by atoms with Crippen LogP contribution < -0.4 is 10.6 Å². The van der Waals surface area contributed by atoms with Crippen molar-refractivity contribution < 1.29 is 4.79 Å². The van der Waals surface area contributed by atoms with Crippen LogP contribution in [-0.2, 0) is 0 Å². The SMILES string of the molecule is Cc1cc(NCCNC(=O)N(C)C)ncc1Br. The molecule has 94 valence electrons. The van der Waals surface area contributed by atoms with E-state index in [1.54, 1.807) is 20.3 Å². The van der Waals surface area contributed by atoms with Gasteiger partial charge in [0.2, 0.25) is 0 Å². The second-order valence-electron chi connectivity index (χ2n) is 3.87. The van der Waals surface area contributed by atoms with Gasteiger partial charge in [0.1, 0.15) is 5.82 Å². The smallest absolute Gasteiger partial charge is 0.316 e. The molecule has 0 aliphatic heterocycles. The first kappa shape index (κ1) is 13.8. The highest BCUT2D eigenvalue weighted by molar-refractivity contribution is 9.10. The van der Waals surface area contributed by atoms with E-state index in [-0.39, 0.29) is 6.03 Å². The molecular weight excluding hydrogens is 284 g/mol. The number of carbonyl (C=O) groups is 1. The first-order chi connectivity index (χ1) is 8.00. The van der Waals surface area contributed by atoms with Crippen LogP contribution in [0.1, 0.15) is 5.56 Å². The molecule has 0 aliphatic rings. The summed E-state index contributed by atoms with van der Waals surface area (Å²) in [4.78, 5) is 16.9. The zero-order chi connectivity index (χ0) is 12.8. The molecular formula is C11H17BrN4O. The number of aryl methyl sites for hydroxylation is 1. The van der Waals surface area contributed by atoms with Gasteiger partial charge in [0.15, 0.2) is 0 Å². The Hall–Kier alpha value is -1.30. The lowest BCUT2D eigenvalue weighted by molar-refractivity contribution is 0.218. The number of nitrogens with zero attached hydrogens (tertiary/aromatic N) is 2. The molecule has 0 saturated carbocycles. The Kier molecular flexibility index (Phi) is 5.21. The van der Waals surface area contributed by atoms with Crippen LogP contribution in [-0.4, -0.2) is 43.1 Å². The second kappa shape index (κ2) is 6.44. The van der Waals surface area contributed by atoms with E-state index in [9.17, 15) is 4.79 Å². The molecule has 1 aromatic rings. The van der Waals surface area contributed by atoms with Crippen LogP contribution in [0.25, 0.3) is 0 Å². The van der Waals surface area contributed by atoms with Crippen LogP contribution >= 0.6 is 15.9 Å². The summed E-state index contributed by atoms with van der Waals surface area (Å²) in [6, 6.07) is 1.87. The summed E-state index contributed by atoms with van der Waals surface area (Å²) in [6.45, 7) is 3.21. The van der Waals surface area contributed by atoms with Crippen LogP contribution in [0.15, 0.2) is 16.7 Å². The zero-order valence-electron chi connectivity index (χ0n) is 10.2. The van der Waals surface area contributed by atoms with Crippen molar-refractivity contribution in [3.63, 3.8) is 0 Å². The third-order valence-corrected chi connectivity index (χ3v) is 2.99. The first-order valence-corrected chi connectivity index (χ1v) is 6.11. The molecule has 0 aliphatic carbocycles. The van der Waals surface area contributed by atoms with Crippen LogP contribution in [0, 0.1) is 6.92 Å². The number of anilines is 1. The predicted octanol–water partition coefficient (Wildman–Crippen LogP) is 1.84. The number of carbonyl (C=O) groups excluding carboxylic acids is 1. The fourth-order valence-corrected chi connectivity index (χ4v) is 1.37. The lowest BCUT2D eigenvalue weighted by Crippen LogP contribution is -2.37. The van der Waals surface area contributed by atoms with Gasteiger partial charge in [0, 0.05) is 37.9 Å². The highest BCUT2D eigenvalue weighted by Crippen LogP contribution is 2.16. The Labute approximate surface area is 110 Å². The van der Waals surface area contributed by atoms with Crippen molar-refractivity contribution in [2.45, 2.75) is 6.92 Å². The van der Waals surface area contributed by atoms with Gasteiger partial charge in [-0.25, -0.2) is 9.78 Å². The van der Waals surface area contributed by atoms with Crippen LogP contribution in [0.5, 0.6) is 0 Å². The molecule has 2 N–H and O–H groups in total. The summed E-state index contributed by atoms with van der Waals surface area (Å²) < 4.78 is 0.990. The van der Waals surface area contributed by atoms with Crippen LogP contribution in [0.2, 0.25) is 0 Å². The molecule has 1 heterocycles. The molecule has 1 rings (SSSR count). The predicted molar refractivity (Wildman–Crippen MR) is 72.2 cm³/mol. The molecule has 0 spiro atoms. The Morgan fingerprint density at radius 2 is 2.18 bits per heavy atom. The van der Waals surface area contributed by atoms with Crippen molar-refractivity contribution >= 4 is 27.8 Å². The van der Waals surface area contributed by atoms with Gasteiger partial charge in [-0.15, -0.1) is 0 Å². The van der Waals surface area contributed by atoms with E-state index in [1.165, 1.54) is 4.90 Å². The number of aromatic nitrogens is 1. The standard InChI is InChI=1S/C11H17BrN4O/c1-8-6-10(15-7-9(8)12)13-4-5-14-11(17)16(2)3/h6-7H,4-5H2,1-3H3,(H,13,15)(H,14,17). The van der Waals surface area contributed by atoms with Gasteiger partial charge in [-0.05, 0) is 34.5 Å². The van der Waals surface area contributed by atoms with E-state index in [1.807, 2.05) is 13.0 Å². The Balaban J connectivity index is 2.31. The highest BCUT2D eigenvalue weighted by Gasteiger charge is 2.01. The fourth-order valence-electron chi connectivity index (χ4n) is 1.15. The Morgan fingerprint density at radius 3 is 2.76 bits per heavy atom. The minimum absolute atomic E-state index is 0.0910. The maximum atomic E-state index is 11.2. The van der Waals surface area contributed by atoms with Crippen molar-refractivity contribution in [3.8, 4) is 0 Å². The largest absolute Gasteiger partial charge is 0.368 e. The third kappa shape index (κ3) is 4.60. The average Bonchev–Trinajstić information content (AvgIpc) is 2.28. The molecule has 0 fully saturated rings. The summed E-state index contributed by atoms with van der Waals surface area (Å²) in [6.07, 6.45) is 1.76. The number of amides is 2. The molecule has 0 bridgehead atoms. The van der Waals surface area contributed by atoms with Crippen molar-refractivity contribution in [2.75, 3.05) is 32.5 Å². The van der Waals surface area contributed by atoms with E-state index in [4.69, 9.17) is 0 Å². The molecule has 17 heavy (non-hydrogen) atoms. The molecule has 6 heteroatoms. The molecule has 2 amide bonds. The Morgan fingerprint density at radius 1 is 1.47 bits per heavy atom. The topological polar surface area (TPSA) is 57.3 Å². The van der Waals surface area contributed by atoms with E-state index < -0.39 is 0 Å². The molecule has 0 unspecified atom stereocenters. The number of halogens is 1. The highest BCUT2D eigenvalue weighted by atomic mass is 79.9. The number of nitrogens with one attached hydrogen (secondary N) is 2. The van der Waals surface area contributed by atoms with Gasteiger partial charge in [-0.1, -0.05) is 0 Å². The summed E-state index contributed by atoms with van der Waals surface area (Å²) >= 11 is 3.39. The summed E-state index contributed by atoms with van der Waals surface area (Å²) in [5, 5.41) is 5.91. The van der Waals surface area contributed by atoms with Crippen LogP contribution in [0.4, 0.5) is 10.6 Å². The van der Waals surface area contributed by atoms with Gasteiger partial charge in [0.25, 0.3) is 0 Å². The molecule has 0 atom stereocenters. The first-order valence-electron chi connectivity index (χ1n) is 5.32. The van der Waals surface area contributed by atoms with Crippen molar-refractivity contribution in [1.82, 2.24) is 15.2 Å². The minimum atomic E-state index is -0.0910. The average molecular weight is 301 g/mol. The van der Waals surface area contributed by atoms with E-state index in [0.29, 0.717) is 13.1 Å². The molecule has 0 aromatic carbocycles. The van der Waals surface area contributed by atoms with Gasteiger partial charge in [-0.2, -0.15) is 0 Å². The van der Waals surface area contributed by atoms with Gasteiger partial charge in [0.05, 0.1) is 0 Å². The van der Waals surface area contributed by atoms with Crippen molar-refractivity contribution in [3.05, 3.63) is 22.3 Å². The molecule has 0 radical (unpaired) electrons. The van der Waals surface area contributed by atoms with Crippen molar-refractivity contribution in [2.24, 2.45) is 0 Å². The van der Waals surface area contributed by atoms with E-state index >= 15 is 0 Å². The molecule has 5 nitrogen and oxygen atoms in total. The molecule has 1 aromatic heterocycles. The van der Waals surface area contributed by atoms with Crippen molar-refractivity contribution in [1.29, 1.82) is 0 Å². The number of rotatable bonds is 4. The van der Waals surface area contributed by atoms with Gasteiger partial charge < -0.3 is 15.5 Å². The van der Waals surface area contributed by atoms with Gasteiger partial charge >= 0.3 is 6.03 Å². The Bertz CT molecular complexity index is 395. The second-order valence-corrected chi connectivity index (χ2v) is 4.73. The lowest BCUT2D eigenvalue weighted by Gasteiger charge is -2.12. The number of hydrogen-bond donors (Lipinski definition) is 2. The third-order valence-electron chi connectivity index (χ3n) is 2.16.